The number of pyridine rings is 2. The van der Waals surface area contributed by atoms with Crippen LogP contribution >= 0.6 is 0 Å². The van der Waals surface area contributed by atoms with Crippen LogP contribution in [-0.2, 0) is 0 Å². The van der Waals surface area contributed by atoms with E-state index in [1.165, 1.54) is 16.7 Å². The Hall–Kier alpha value is -10.3. The number of benzene rings is 10. The van der Waals surface area contributed by atoms with E-state index in [-0.39, 0.29) is 0 Å². The van der Waals surface area contributed by atoms with Crippen molar-refractivity contribution in [2.24, 2.45) is 0 Å². The number of aromatic nitrogens is 2. The average Bonchev–Trinajstić information content (AvgIpc) is 4.08. The minimum Gasteiger partial charge on any atom is -0.454 e. The van der Waals surface area contributed by atoms with E-state index in [1.807, 2.05) is 48.7 Å². The molecule has 0 amide bonds. The van der Waals surface area contributed by atoms with Crippen molar-refractivity contribution in [2.45, 2.75) is 0 Å². The van der Waals surface area contributed by atoms with Crippen LogP contribution in [0.5, 0.6) is 0 Å². The Morgan fingerprint density at radius 1 is 0.289 bits per heavy atom. The highest BCUT2D eigenvalue weighted by molar-refractivity contribution is 6.14. The second-order valence-corrected chi connectivity index (χ2v) is 18.9. The van der Waals surface area contributed by atoms with Gasteiger partial charge in [0.25, 0.3) is 0 Å². The van der Waals surface area contributed by atoms with Gasteiger partial charge < -0.3 is 13.7 Å². The van der Waals surface area contributed by atoms with E-state index in [1.54, 1.807) is 0 Å². The third-order valence-corrected chi connectivity index (χ3v) is 14.4. The molecule has 4 heterocycles. The Morgan fingerprint density at radius 3 is 1.25 bits per heavy atom. The van der Waals surface area contributed by atoms with Crippen molar-refractivity contribution in [1.29, 1.82) is 0 Å². The summed E-state index contributed by atoms with van der Waals surface area (Å²) in [7, 11) is 0. The summed E-state index contributed by atoms with van der Waals surface area (Å²) in [5, 5.41) is 1.94. The number of rotatable bonds is 11. The number of para-hydroxylation sites is 1. The fraction of sp³-hybridized carbons (Fsp3) is 0. The van der Waals surface area contributed by atoms with Crippen molar-refractivity contribution in [3.63, 3.8) is 0 Å². The zero-order chi connectivity index (χ0) is 50.4. The van der Waals surface area contributed by atoms with E-state index in [4.69, 9.17) is 18.8 Å². The molecule has 14 rings (SSSR count). The summed E-state index contributed by atoms with van der Waals surface area (Å²) >= 11 is 0. The lowest BCUT2D eigenvalue weighted by atomic mass is 9.99. The van der Waals surface area contributed by atoms with Gasteiger partial charge >= 0.3 is 0 Å². The number of hydrogen-bond acceptors (Lipinski definition) is 6. The second-order valence-electron chi connectivity index (χ2n) is 18.9. The van der Waals surface area contributed by atoms with Crippen LogP contribution in [0.2, 0.25) is 0 Å². The van der Waals surface area contributed by atoms with Crippen molar-refractivity contribution >= 4 is 78.4 Å². The van der Waals surface area contributed by atoms with Gasteiger partial charge in [0.1, 0.15) is 28.0 Å². The number of hydrogen-bond donors (Lipinski definition) is 0. The van der Waals surface area contributed by atoms with Gasteiger partial charge in [-0.15, -0.1) is 0 Å². The normalized spacial score (nSPS) is 11.4. The summed E-state index contributed by atoms with van der Waals surface area (Å²) in [6.07, 6.45) is 1.90. The number of furan rings is 2. The molecular formula is C70H46N4O2. The van der Waals surface area contributed by atoms with Crippen molar-refractivity contribution in [3.8, 4) is 55.6 Å². The van der Waals surface area contributed by atoms with Crippen LogP contribution in [0.3, 0.4) is 0 Å². The Balaban J connectivity index is 0.803. The molecular weight excluding hydrogens is 929 g/mol. The molecule has 0 bridgehead atoms. The standard InChI is InChI=1S/C70H46N4O2/c1-4-13-47(14-5-1)51-27-35-56(36-28-51)73(57-37-29-52(30-38-57)48-15-6-2-7-16-48)62-20-12-22-64-67(62)69-70(76-64)60(45-46-71-69)55-25-23-50(24-26-55)54-33-41-59(42-34-54)74(58-39-31-53(32-40-58)49-17-8-3-9-18-49)66-44-43-65-68(72-66)61-19-10-11-21-63(61)75-65/h1-46H. The van der Waals surface area contributed by atoms with Crippen LogP contribution in [0.15, 0.2) is 288 Å². The quantitative estimate of drug-likeness (QED) is 0.129. The molecule has 0 saturated carbocycles. The first-order valence-electron chi connectivity index (χ1n) is 25.5. The SMILES string of the molecule is c1ccc(-c2ccc(N(c3ccc(-c4ccc(-c5ccnc6c5oc5cccc(N(c7ccc(-c8ccccc8)cc7)c7ccc(-c8ccccc8)cc7)c56)cc4)cc3)c3ccc4oc5ccccc5c4n3)cc2)cc1. The average molecular weight is 975 g/mol. The maximum Gasteiger partial charge on any atom is 0.161 e. The van der Waals surface area contributed by atoms with Gasteiger partial charge in [0, 0.05) is 39.9 Å². The van der Waals surface area contributed by atoms with Gasteiger partial charge in [0.05, 0.1) is 11.1 Å². The summed E-state index contributed by atoms with van der Waals surface area (Å²) in [6.45, 7) is 0. The predicted molar refractivity (Wildman–Crippen MR) is 313 cm³/mol. The highest BCUT2D eigenvalue weighted by Gasteiger charge is 2.23. The third kappa shape index (κ3) is 8.11. The molecule has 76 heavy (non-hydrogen) atoms. The lowest BCUT2D eigenvalue weighted by molar-refractivity contribution is 0.668. The molecule has 4 aromatic heterocycles. The van der Waals surface area contributed by atoms with Crippen LogP contribution in [0, 0.1) is 0 Å². The van der Waals surface area contributed by atoms with Gasteiger partial charge in [0.2, 0.25) is 0 Å². The molecule has 14 aromatic rings. The molecule has 0 aliphatic rings. The van der Waals surface area contributed by atoms with E-state index in [0.29, 0.717) is 0 Å². The summed E-state index contributed by atoms with van der Waals surface area (Å²) in [6, 6.07) is 95.6. The molecule has 10 aromatic carbocycles. The Labute approximate surface area is 439 Å². The van der Waals surface area contributed by atoms with Crippen LogP contribution in [0.4, 0.5) is 34.3 Å². The maximum atomic E-state index is 6.84. The molecule has 0 unspecified atom stereocenters. The van der Waals surface area contributed by atoms with Gasteiger partial charge in [-0.25, -0.2) is 4.98 Å². The Kier molecular flexibility index (Phi) is 11.1. The Morgan fingerprint density at radius 2 is 0.724 bits per heavy atom. The molecule has 0 spiro atoms. The largest absolute Gasteiger partial charge is 0.454 e. The highest BCUT2D eigenvalue weighted by Crippen LogP contribution is 2.45. The first-order chi connectivity index (χ1) is 37.7. The summed E-state index contributed by atoms with van der Waals surface area (Å²) in [4.78, 5) is 14.8. The summed E-state index contributed by atoms with van der Waals surface area (Å²) < 4.78 is 13.0. The second kappa shape index (κ2) is 19.0. The van der Waals surface area contributed by atoms with Gasteiger partial charge in [0.15, 0.2) is 11.2 Å². The van der Waals surface area contributed by atoms with Crippen molar-refractivity contribution in [3.05, 3.63) is 279 Å². The zero-order valence-corrected chi connectivity index (χ0v) is 41.2. The first-order valence-corrected chi connectivity index (χ1v) is 25.5. The zero-order valence-electron chi connectivity index (χ0n) is 41.2. The van der Waals surface area contributed by atoms with E-state index in [0.717, 1.165) is 117 Å². The minimum absolute atomic E-state index is 0.743. The molecule has 0 aliphatic heterocycles. The van der Waals surface area contributed by atoms with Crippen LogP contribution in [-0.4, -0.2) is 9.97 Å². The minimum atomic E-state index is 0.743. The van der Waals surface area contributed by atoms with Crippen molar-refractivity contribution in [1.82, 2.24) is 9.97 Å². The molecule has 0 N–H and O–H groups in total. The number of fused-ring (bicyclic) bond motifs is 6. The van der Waals surface area contributed by atoms with Gasteiger partial charge in [-0.3, -0.25) is 9.88 Å². The molecule has 0 radical (unpaired) electrons. The summed E-state index contributed by atoms with van der Waals surface area (Å²) in [5.74, 6) is 0.799. The van der Waals surface area contributed by atoms with E-state index in [2.05, 4.69) is 240 Å². The van der Waals surface area contributed by atoms with Crippen molar-refractivity contribution < 1.29 is 8.83 Å². The monoisotopic (exact) mass is 974 g/mol. The van der Waals surface area contributed by atoms with E-state index < -0.39 is 0 Å². The topological polar surface area (TPSA) is 58.5 Å². The molecule has 358 valence electrons. The lowest BCUT2D eigenvalue weighted by Gasteiger charge is -2.26. The smallest absolute Gasteiger partial charge is 0.161 e. The number of anilines is 6. The highest BCUT2D eigenvalue weighted by atomic mass is 16.3. The molecule has 6 heteroatoms. The van der Waals surface area contributed by atoms with Gasteiger partial charge in [-0.2, -0.15) is 0 Å². The third-order valence-electron chi connectivity index (χ3n) is 14.4. The number of nitrogens with zero attached hydrogens (tertiary/aromatic N) is 4. The molecule has 0 saturated heterocycles. The first kappa shape index (κ1) is 44.4. The fourth-order valence-electron chi connectivity index (χ4n) is 10.6. The maximum absolute atomic E-state index is 6.84. The molecule has 6 nitrogen and oxygen atoms in total. The molecule has 0 atom stereocenters. The predicted octanol–water partition coefficient (Wildman–Crippen LogP) is 19.6. The van der Waals surface area contributed by atoms with E-state index >= 15 is 0 Å². The summed E-state index contributed by atoms with van der Waals surface area (Å²) in [5.41, 5.74) is 21.0. The van der Waals surface area contributed by atoms with Gasteiger partial charge in [-0.1, -0.05) is 182 Å². The van der Waals surface area contributed by atoms with Crippen LogP contribution in [0.1, 0.15) is 0 Å². The van der Waals surface area contributed by atoms with E-state index in [9.17, 15) is 0 Å². The fourth-order valence-corrected chi connectivity index (χ4v) is 10.6. The van der Waals surface area contributed by atoms with Crippen LogP contribution in [0.25, 0.3) is 99.8 Å². The van der Waals surface area contributed by atoms with Gasteiger partial charge in [-0.05, 0) is 141 Å². The Bertz CT molecular complexity index is 4260. The lowest BCUT2D eigenvalue weighted by Crippen LogP contribution is -2.11. The van der Waals surface area contributed by atoms with Crippen LogP contribution < -0.4 is 9.80 Å². The molecule has 0 aliphatic carbocycles. The van der Waals surface area contributed by atoms with Crippen molar-refractivity contribution in [2.75, 3.05) is 9.80 Å². The molecule has 0 fully saturated rings.